The summed E-state index contributed by atoms with van der Waals surface area (Å²) in [6.07, 6.45) is 2.08. The van der Waals surface area contributed by atoms with Gasteiger partial charge in [0.15, 0.2) is 0 Å². The molecule has 3 nitrogen and oxygen atoms in total. The minimum absolute atomic E-state index is 0.239. The van der Waals surface area contributed by atoms with E-state index in [1.54, 1.807) is 0 Å². The molecule has 0 saturated heterocycles. The van der Waals surface area contributed by atoms with Gasteiger partial charge in [0.25, 0.3) is 0 Å². The molecular weight excluding hydrogens is 200 g/mol. The smallest absolute Gasteiger partial charge is 0.0791 e. The van der Waals surface area contributed by atoms with E-state index in [1.165, 1.54) is 0 Å². The second-order valence-corrected chi connectivity index (χ2v) is 5.01. The molecule has 0 radical (unpaired) electrons. The van der Waals surface area contributed by atoms with Gasteiger partial charge >= 0.3 is 0 Å². The van der Waals surface area contributed by atoms with Crippen molar-refractivity contribution in [1.29, 1.82) is 0 Å². The van der Waals surface area contributed by atoms with Crippen molar-refractivity contribution in [3.63, 3.8) is 0 Å². The van der Waals surface area contributed by atoms with Gasteiger partial charge in [-0.25, -0.2) is 0 Å². The summed E-state index contributed by atoms with van der Waals surface area (Å²) in [4.78, 5) is 2.35. The van der Waals surface area contributed by atoms with Crippen LogP contribution in [0.5, 0.6) is 0 Å². The van der Waals surface area contributed by atoms with Crippen molar-refractivity contribution in [3.8, 4) is 0 Å². The molecule has 0 aliphatic carbocycles. The van der Waals surface area contributed by atoms with Gasteiger partial charge < -0.3 is 15.3 Å². The Kier molecular flexibility index (Phi) is 9.99. The Morgan fingerprint density at radius 2 is 1.62 bits per heavy atom. The van der Waals surface area contributed by atoms with Gasteiger partial charge in [-0.1, -0.05) is 27.7 Å². The highest BCUT2D eigenvalue weighted by atomic mass is 16.3. The Morgan fingerprint density at radius 3 is 2.06 bits per heavy atom. The van der Waals surface area contributed by atoms with E-state index in [9.17, 15) is 5.11 Å². The summed E-state index contributed by atoms with van der Waals surface area (Å²) in [6.45, 7) is 13.4. The molecule has 1 unspecified atom stereocenters. The molecule has 0 aromatic carbocycles. The predicted octanol–water partition coefficient (Wildman–Crippen LogP) is 1.71. The Balaban J connectivity index is 3.67. The van der Waals surface area contributed by atoms with E-state index in [4.69, 9.17) is 0 Å². The number of aliphatic hydroxyl groups excluding tert-OH is 1. The minimum Gasteiger partial charge on any atom is -0.390 e. The second-order valence-electron chi connectivity index (χ2n) is 5.01. The average Bonchev–Trinajstić information content (AvgIpc) is 2.17. The molecule has 16 heavy (non-hydrogen) atoms. The highest BCUT2D eigenvalue weighted by molar-refractivity contribution is 4.67. The molecule has 0 heterocycles. The third-order valence-electron chi connectivity index (χ3n) is 2.48. The van der Waals surface area contributed by atoms with Crippen molar-refractivity contribution < 1.29 is 5.11 Å². The summed E-state index contributed by atoms with van der Waals surface area (Å²) >= 11 is 0. The zero-order valence-corrected chi connectivity index (χ0v) is 11.5. The Hall–Kier alpha value is -0.120. The molecule has 0 aromatic rings. The summed E-state index contributed by atoms with van der Waals surface area (Å²) < 4.78 is 0. The minimum atomic E-state index is -0.239. The van der Waals surface area contributed by atoms with Crippen LogP contribution in [-0.4, -0.2) is 48.8 Å². The fourth-order valence-electron chi connectivity index (χ4n) is 1.83. The molecule has 0 aliphatic heterocycles. The fraction of sp³-hybridized carbons (Fsp3) is 1.00. The molecule has 3 heteroatoms. The van der Waals surface area contributed by atoms with Crippen molar-refractivity contribution >= 4 is 0 Å². The third kappa shape index (κ3) is 9.13. The van der Waals surface area contributed by atoms with Crippen LogP contribution in [0.25, 0.3) is 0 Å². The summed E-state index contributed by atoms with van der Waals surface area (Å²) in [5.41, 5.74) is 0. The number of hydrogen-bond donors (Lipinski definition) is 2. The maximum absolute atomic E-state index is 9.88. The van der Waals surface area contributed by atoms with Crippen molar-refractivity contribution in [2.45, 2.75) is 46.6 Å². The molecular formula is C13H30N2O. The van der Waals surface area contributed by atoms with Gasteiger partial charge in [-0.05, 0) is 38.4 Å². The lowest BCUT2D eigenvalue weighted by molar-refractivity contribution is 0.110. The standard InChI is InChI=1S/C13H30N2O/c1-5-7-15(8-6-2)11-13(16)10-14-9-12(3)4/h12-14,16H,5-11H2,1-4H3. The predicted molar refractivity (Wildman–Crippen MR) is 70.7 cm³/mol. The van der Waals surface area contributed by atoms with E-state index in [0.29, 0.717) is 12.5 Å². The zero-order valence-electron chi connectivity index (χ0n) is 11.5. The Labute approximate surface area is 101 Å². The summed E-state index contributed by atoms with van der Waals surface area (Å²) in [5.74, 6) is 0.648. The van der Waals surface area contributed by atoms with Crippen molar-refractivity contribution in [2.24, 2.45) is 5.92 Å². The number of aliphatic hydroxyl groups is 1. The van der Waals surface area contributed by atoms with Gasteiger partial charge in [0.2, 0.25) is 0 Å². The van der Waals surface area contributed by atoms with E-state index >= 15 is 0 Å². The monoisotopic (exact) mass is 230 g/mol. The first-order valence-electron chi connectivity index (χ1n) is 6.71. The van der Waals surface area contributed by atoms with Crippen LogP contribution in [0.15, 0.2) is 0 Å². The molecule has 0 aliphatic rings. The number of nitrogens with one attached hydrogen (secondary N) is 1. The van der Waals surface area contributed by atoms with Crippen LogP contribution in [0.3, 0.4) is 0 Å². The molecule has 0 spiro atoms. The third-order valence-corrected chi connectivity index (χ3v) is 2.48. The van der Waals surface area contributed by atoms with E-state index in [1.807, 2.05) is 0 Å². The van der Waals surface area contributed by atoms with E-state index in [2.05, 4.69) is 37.9 Å². The van der Waals surface area contributed by atoms with Gasteiger partial charge in [-0.2, -0.15) is 0 Å². The summed E-state index contributed by atoms with van der Waals surface area (Å²) in [5, 5.41) is 13.2. The maximum Gasteiger partial charge on any atom is 0.0791 e. The van der Waals surface area contributed by atoms with Crippen LogP contribution < -0.4 is 5.32 Å². The molecule has 0 saturated carbocycles. The van der Waals surface area contributed by atoms with Crippen molar-refractivity contribution in [2.75, 3.05) is 32.7 Å². The topological polar surface area (TPSA) is 35.5 Å². The highest BCUT2D eigenvalue weighted by Crippen LogP contribution is 1.97. The van der Waals surface area contributed by atoms with E-state index in [0.717, 1.165) is 39.0 Å². The lowest BCUT2D eigenvalue weighted by Crippen LogP contribution is -2.39. The van der Waals surface area contributed by atoms with E-state index in [-0.39, 0.29) is 6.10 Å². The van der Waals surface area contributed by atoms with Gasteiger partial charge in [0, 0.05) is 13.1 Å². The molecule has 2 N–H and O–H groups in total. The van der Waals surface area contributed by atoms with Gasteiger partial charge in [0.1, 0.15) is 0 Å². The number of hydrogen-bond acceptors (Lipinski definition) is 3. The first kappa shape index (κ1) is 15.9. The first-order valence-corrected chi connectivity index (χ1v) is 6.71. The fourth-order valence-corrected chi connectivity index (χ4v) is 1.83. The molecule has 0 fully saturated rings. The lowest BCUT2D eigenvalue weighted by Gasteiger charge is -2.24. The van der Waals surface area contributed by atoms with Crippen molar-refractivity contribution in [1.82, 2.24) is 10.2 Å². The van der Waals surface area contributed by atoms with E-state index < -0.39 is 0 Å². The summed E-state index contributed by atoms with van der Waals surface area (Å²) in [7, 11) is 0. The van der Waals surface area contributed by atoms with Crippen LogP contribution in [0.2, 0.25) is 0 Å². The molecule has 0 bridgehead atoms. The quantitative estimate of drug-likeness (QED) is 0.600. The molecule has 1 atom stereocenters. The SMILES string of the molecule is CCCN(CCC)CC(O)CNCC(C)C. The van der Waals surface area contributed by atoms with Crippen LogP contribution in [0.1, 0.15) is 40.5 Å². The zero-order chi connectivity index (χ0) is 12.4. The van der Waals surface area contributed by atoms with Crippen LogP contribution in [0, 0.1) is 5.92 Å². The van der Waals surface area contributed by atoms with Gasteiger partial charge in [-0.15, -0.1) is 0 Å². The first-order chi connectivity index (χ1) is 7.60. The highest BCUT2D eigenvalue weighted by Gasteiger charge is 2.10. The molecule has 0 aromatic heterocycles. The normalized spacial score (nSPS) is 13.7. The van der Waals surface area contributed by atoms with Gasteiger partial charge in [0.05, 0.1) is 6.10 Å². The second kappa shape index (κ2) is 10.1. The lowest BCUT2D eigenvalue weighted by atomic mass is 10.2. The Morgan fingerprint density at radius 1 is 1.06 bits per heavy atom. The molecule has 98 valence electrons. The van der Waals surface area contributed by atoms with Crippen LogP contribution in [-0.2, 0) is 0 Å². The Bertz CT molecular complexity index is 145. The largest absolute Gasteiger partial charge is 0.390 e. The maximum atomic E-state index is 9.88. The molecule has 0 amide bonds. The molecule has 0 rings (SSSR count). The number of rotatable bonds is 10. The van der Waals surface area contributed by atoms with Crippen molar-refractivity contribution in [3.05, 3.63) is 0 Å². The summed E-state index contributed by atoms with van der Waals surface area (Å²) in [6, 6.07) is 0. The number of nitrogens with zero attached hydrogens (tertiary/aromatic N) is 1. The van der Waals surface area contributed by atoms with Crippen LogP contribution >= 0.6 is 0 Å². The average molecular weight is 230 g/mol. The van der Waals surface area contributed by atoms with Crippen LogP contribution in [0.4, 0.5) is 0 Å². The van der Waals surface area contributed by atoms with Gasteiger partial charge in [-0.3, -0.25) is 0 Å².